The van der Waals surface area contributed by atoms with E-state index in [-0.39, 0.29) is 10.8 Å². The van der Waals surface area contributed by atoms with E-state index in [9.17, 15) is 13.2 Å². The van der Waals surface area contributed by atoms with Crippen molar-refractivity contribution in [1.82, 2.24) is 9.62 Å². The average molecular weight is 460 g/mol. The van der Waals surface area contributed by atoms with E-state index < -0.39 is 15.6 Å². The number of morpholine rings is 1. The number of anilines is 1. The van der Waals surface area contributed by atoms with Gasteiger partial charge >= 0.3 is 0 Å². The van der Waals surface area contributed by atoms with E-state index in [2.05, 4.69) is 14.9 Å². The smallest absolute Gasteiger partial charge is 0.255 e. The molecule has 2 aromatic rings. The lowest BCUT2D eigenvalue weighted by Gasteiger charge is -2.26. The Labute approximate surface area is 191 Å². The fourth-order valence-corrected chi connectivity index (χ4v) is 4.98. The van der Waals surface area contributed by atoms with Crippen molar-refractivity contribution in [1.29, 1.82) is 0 Å². The molecule has 1 saturated heterocycles. The molecule has 0 spiro atoms. The molecule has 0 saturated carbocycles. The molecule has 174 valence electrons. The minimum Gasteiger partial charge on any atom is -0.379 e. The summed E-state index contributed by atoms with van der Waals surface area (Å²) in [5.41, 5.74) is 2.30. The summed E-state index contributed by atoms with van der Waals surface area (Å²) in [6.45, 7) is 11.6. The van der Waals surface area contributed by atoms with Gasteiger partial charge in [0.2, 0.25) is 10.0 Å². The number of aryl methyl sites for hydroxylation is 1. The molecule has 1 amide bonds. The maximum atomic E-state index is 12.9. The number of carbonyl (C=O) groups is 1. The first-order valence-electron chi connectivity index (χ1n) is 10.9. The molecule has 32 heavy (non-hydrogen) atoms. The van der Waals surface area contributed by atoms with Crippen LogP contribution in [-0.4, -0.2) is 57.6 Å². The number of hydrogen-bond donors (Lipinski definition) is 2. The van der Waals surface area contributed by atoms with Crippen LogP contribution in [0.2, 0.25) is 0 Å². The number of carbonyl (C=O) groups excluding carboxylic acids is 1. The van der Waals surface area contributed by atoms with E-state index in [0.29, 0.717) is 16.8 Å². The predicted molar refractivity (Wildman–Crippen MR) is 127 cm³/mol. The molecule has 1 aliphatic rings. The van der Waals surface area contributed by atoms with E-state index in [4.69, 9.17) is 4.74 Å². The van der Waals surface area contributed by atoms with Crippen molar-refractivity contribution in [3.63, 3.8) is 0 Å². The quantitative estimate of drug-likeness (QED) is 0.664. The summed E-state index contributed by atoms with van der Waals surface area (Å²) < 4.78 is 33.3. The average Bonchev–Trinajstić information content (AvgIpc) is 2.72. The second-order valence-corrected chi connectivity index (χ2v) is 10.9. The van der Waals surface area contributed by atoms with Gasteiger partial charge in [-0.1, -0.05) is 18.2 Å². The summed E-state index contributed by atoms with van der Waals surface area (Å²) in [6.07, 6.45) is 0.939. The molecule has 8 heteroatoms. The van der Waals surface area contributed by atoms with Crippen molar-refractivity contribution < 1.29 is 17.9 Å². The second kappa shape index (κ2) is 10.1. The van der Waals surface area contributed by atoms with Gasteiger partial charge in [-0.3, -0.25) is 9.69 Å². The minimum absolute atomic E-state index is 0.0710. The van der Waals surface area contributed by atoms with Crippen LogP contribution >= 0.6 is 0 Å². The highest BCUT2D eigenvalue weighted by molar-refractivity contribution is 7.89. The van der Waals surface area contributed by atoms with Crippen LogP contribution in [0.4, 0.5) is 5.69 Å². The van der Waals surface area contributed by atoms with Crippen molar-refractivity contribution in [2.75, 3.05) is 38.2 Å². The Morgan fingerprint density at radius 3 is 2.34 bits per heavy atom. The van der Waals surface area contributed by atoms with E-state index in [1.807, 2.05) is 24.3 Å². The number of ether oxygens (including phenoxy) is 1. The van der Waals surface area contributed by atoms with E-state index >= 15 is 0 Å². The van der Waals surface area contributed by atoms with Crippen LogP contribution in [-0.2, 0) is 21.2 Å². The minimum atomic E-state index is -3.73. The third kappa shape index (κ3) is 6.87. The summed E-state index contributed by atoms with van der Waals surface area (Å²) in [5.74, 6) is -0.337. The van der Waals surface area contributed by atoms with Gasteiger partial charge in [0.25, 0.3) is 5.91 Å². The summed E-state index contributed by atoms with van der Waals surface area (Å²) in [7, 11) is -3.73. The Morgan fingerprint density at radius 1 is 1.06 bits per heavy atom. The Balaban J connectivity index is 1.66. The summed E-state index contributed by atoms with van der Waals surface area (Å²) in [5, 5.41) is 2.88. The zero-order chi connectivity index (χ0) is 23.4. The number of hydrogen-bond acceptors (Lipinski definition) is 5. The van der Waals surface area contributed by atoms with E-state index in [1.165, 1.54) is 17.7 Å². The predicted octanol–water partition coefficient (Wildman–Crippen LogP) is 3.20. The van der Waals surface area contributed by atoms with Gasteiger partial charge in [0.1, 0.15) is 0 Å². The van der Waals surface area contributed by atoms with Crippen molar-refractivity contribution >= 4 is 21.6 Å². The van der Waals surface area contributed by atoms with Crippen LogP contribution in [0.3, 0.4) is 0 Å². The van der Waals surface area contributed by atoms with Gasteiger partial charge in [0, 0.05) is 36.4 Å². The molecule has 2 N–H and O–H groups in total. The van der Waals surface area contributed by atoms with Crippen LogP contribution in [0.5, 0.6) is 0 Å². The molecule has 1 fully saturated rings. The molecule has 7 nitrogen and oxygen atoms in total. The first kappa shape index (κ1) is 24.4. The molecule has 0 bridgehead atoms. The normalized spacial score (nSPS) is 15.5. The first-order valence-corrected chi connectivity index (χ1v) is 12.4. The summed E-state index contributed by atoms with van der Waals surface area (Å²) >= 11 is 0. The Bertz CT molecular complexity index is 1040. The fourth-order valence-electron chi connectivity index (χ4n) is 3.54. The maximum absolute atomic E-state index is 12.9. The van der Waals surface area contributed by atoms with Crippen molar-refractivity contribution in [3.8, 4) is 0 Å². The van der Waals surface area contributed by atoms with Crippen LogP contribution in [0.25, 0.3) is 0 Å². The van der Waals surface area contributed by atoms with E-state index in [1.54, 1.807) is 33.8 Å². The van der Waals surface area contributed by atoms with Gasteiger partial charge < -0.3 is 10.1 Å². The molecular formula is C24H33N3O4S. The van der Waals surface area contributed by atoms with Crippen molar-refractivity contribution in [3.05, 3.63) is 59.2 Å². The summed E-state index contributed by atoms with van der Waals surface area (Å²) in [6, 6.07) is 12.4. The highest BCUT2D eigenvalue weighted by Gasteiger charge is 2.23. The number of sulfonamides is 1. The molecule has 0 atom stereocenters. The summed E-state index contributed by atoms with van der Waals surface area (Å²) in [4.78, 5) is 15.3. The van der Waals surface area contributed by atoms with E-state index in [0.717, 1.165) is 39.3 Å². The third-order valence-corrected chi connectivity index (χ3v) is 6.99. The number of nitrogens with zero attached hydrogens (tertiary/aromatic N) is 1. The van der Waals surface area contributed by atoms with Crippen LogP contribution in [0, 0.1) is 6.92 Å². The molecule has 1 heterocycles. The number of nitrogens with one attached hydrogen (secondary N) is 2. The molecule has 2 aromatic carbocycles. The molecule has 1 aliphatic heterocycles. The standard InChI is InChI=1S/C24H33N3O4S/c1-18-5-10-21(32(29,30)26-24(2,3)4)17-22(18)23(28)25-20-8-6-19(7-9-20)11-12-27-13-15-31-16-14-27/h5-10,17,26H,11-16H2,1-4H3,(H,25,28). The van der Waals surface area contributed by atoms with Crippen LogP contribution in [0.15, 0.2) is 47.4 Å². The highest BCUT2D eigenvalue weighted by atomic mass is 32.2. The molecule has 0 unspecified atom stereocenters. The van der Waals surface area contributed by atoms with Gasteiger partial charge in [-0.2, -0.15) is 0 Å². The lowest BCUT2D eigenvalue weighted by molar-refractivity contribution is 0.0384. The fraction of sp³-hybridized carbons (Fsp3) is 0.458. The molecule has 0 radical (unpaired) electrons. The number of benzene rings is 2. The molecule has 0 aliphatic carbocycles. The monoisotopic (exact) mass is 459 g/mol. The Hall–Kier alpha value is -2.26. The SMILES string of the molecule is Cc1ccc(S(=O)(=O)NC(C)(C)C)cc1C(=O)Nc1ccc(CCN2CCOCC2)cc1. The van der Waals surface area contributed by atoms with Crippen molar-refractivity contribution in [2.24, 2.45) is 0 Å². The number of amides is 1. The van der Waals surface area contributed by atoms with Crippen molar-refractivity contribution in [2.45, 2.75) is 44.6 Å². The Morgan fingerprint density at radius 2 is 1.72 bits per heavy atom. The van der Waals surface area contributed by atoms with Crippen LogP contribution < -0.4 is 10.0 Å². The highest BCUT2D eigenvalue weighted by Crippen LogP contribution is 2.19. The van der Waals surface area contributed by atoms with Gasteiger partial charge in [0.05, 0.1) is 18.1 Å². The second-order valence-electron chi connectivity index (χ2n) is 9.19. The van der Waals surface area contributed by atoms with Gasteiger partial charge in [-0.25, -0.2) is 13.1 Å². The van der Waals surface area contributed by atoms with Gasteiger partial charge in [0.15, 0.2) is 0 Å². The van der Waals surface area contributed by atoms with Crippen LogP contribution in [0.1, 0.15) is 42.3 Å². The maximum Gasteiger partial charge on any atom is 0.255 e. The zero-order valence-corrected chi connectivity index (χ0v) is 20.1. The lowest BCUT2D eigenvalue weighted by atomic mass is 10.1. The molecular weight excluding hydrogens is 426 g/mol. The topological polar surface area (TPSA) is 87.7 Å². The zero-order valence-electron chi connectivity index (χ0n) is 19.3. The van der Waals surface area contributed by atoms with Gasteiger partial charge in [-0.15, -0.1) is 0 Å². The largest absolute Gasteiger partial charge is 0.379 e. The van der Waals surface area contributed by atoms with Gasteiger partial charge in [-0.05, 0) is 69.5 Å². The lowest BCUT2D eigenvalue weighted by Crippen LogP contribution is -2.40. The Kier molecular flexibility index (Phi) is 7.71. The number of rotatable bonds is 7. The molecule has 3 rings (SSSR count). The first-order chi connectivity index (χ1) is 15.0. The third-order valence-electron chi connectivity index (χ3n) is 5.24. The molecule has 0 aromatic heterocycles.